The van der Waals surface area contributed by atoms with Gasteiger partial charge >= 0.3 is 0 Å². The Bertz CT molecular complexity index is 1910. The van der Waals surface area contributed by atoms with Gasteiger partial charge < -0.3 is 4.57 Å². The molecule has 0 aliphatic carbocycles. The van der Waals surface area contributed by atoms with Crippen molar-refractivity contribution in [2.24, 2.45) is 0 Å². The topological polar surface area (TPSA) is 17.1 Å². The van der Waals surface area contributed by atoms with E-state index in [0.29, 0.717) is 5.31 Å². The Hall–Kier alpha value is -4.23. The fourth-order valence-corrected chi connectivity index (χ4v) is 8.88. The number of thiophene rings is 1. The van der Waals surface area contributed by atoms with E-state index in [1.807, 2.05) is 48.5 Å². The van der Waals surface area contributed by atoms with Gasteiger partial charge in [-0.3, -0.25) is 0 Å². The summed E-state index contributed by atoms with van der Waals surface area (Å²) in [6.07, 6.45) is 5.19. The van der Waals surface area contributed by atoms with Gasteiger partial charge in [-0.1, -0.05) is 116 Å². The molecule has 39 heavy (non-hydrogen) atoms. The first-order chi connectivity index (χ1) is 19.1. The molecule has 5 aromatic carbocycles. The Labute approximate surface area is 233 Å². The molecule has 0 aliphatic rings. The summed E-state index contributed by atoms with van der Waals surface area (Å²) in [5.41, 5.74) is 4.73. The van der Waals surface area contributed by atoms with Crippen molar-refractivity contribution in [3.8, 4) is 22.3 Å². The first kappa shape index (κ1) is 25.1. The van der Waals surface area contributed by atoms with Crippen molar-refractivity contribution in [3.05, 3.63) is 158 Å². The average molecular weight is 539 g/mol. The monoisotopic (exact) mass is 538 g/mol. The van der Waals surface area contributed by atoms with Gasteiger partial charge in [0.1, 0.15) is 0 Å². The highest BCUT2D eigenvalue weighted by molar-refractivity contribution is 7.82. The van der Waals surface area contributed by atoms with E-state index in [1.165, 1.54) is 31.5 Å². The predicted octanol–water partition coefficient (Wildman–Crippen LogP) is 9.96. The molecule has 6 rings (SSSR count). The van der Waals surface area contributed by atoms with Crippen LogP contribution in [0.1, 0.15) is 0 Å². The molecule has 0 N–H and O–H groups in total. The lowest BCUT2D eigenvalue weighted by molar-refractivity contribution is 0.591. The van der Waals surface area contributed by atoms with E-state index in [2.05, 4.69) is 92.0 Å². The van der Waals surface area contributed by atoms with Gasteiger partial charge in [-0.05, 0) is 58.7 Å². The van der Waals surface area contributed by atoms with Crippen LogP contribution in [-0.2, 0) is 4.57 Å². The first-order valence-corrected chi connectivity index (χ1v) is 15.4. The van der Waals surface area contributed by atoms with Crippen molar-refractivity contribution in [1.82, 2.24) is 0 Å². The summed E-state index contributed by atoms with van der Waals surface area (Å²) in [5, 5.41) is 4.56. The van der Waals surface area contributed by atoms with Crippen LogP contribution in [0.3, 0.4) is 0 Å². The highest BCUT2D eigenvalue weighted by Crippen LogP contribution is 2.53. The van der Waals surface area contributed by atoms with Gasteiger partial charge in [-0.15, -0.1) is 11.3 Å². The highest BCUT2D eigenvalue weighted by Gasteiger charge is 2.30. The molecule has 1 nitrogen and oxygen atoms in total. The van der Waals surface area contributed by atoms with E-state index in [0.717, 1.165) is 21.6 Å². The van der Waals surface area contributed by atoms with Crippen LogP contribution in [0.4, 0.5) is 0 Å². The number of benzene rings is 5. The van der Waals surface area contributed by atoms with Crippen molar-refractivity contribution in [3.63, 3.8) is 0 Å². The van der Waals surface area contributed by atoms with Gasteiger partial charge in [0.25, 0.3) is 0 Å². The molecule has 1 atom stereocenters. The third-order valence-corrected chi connectivity index (χ3v) is 11.3. The zero-order valence-electron chi connectivity index (χ0n) is 21.5. The molecule has 0 amide bonds. The lowest BCUT2D eigenvalue weighted by Crippen LogP contribution is -2.16. The Morgan fingerprint density at radius 3 is 1.87 bits per heavy atom. The second-order valence-corrected chi connectivity index (χ2v) is 13.3. The van der Waals surface area contributed by atoms with Gasteiger partial charge in [-0.25, -0.2) is 0 Å². The molecule has 1 aromatic heterocycles. The first-order valence-electron chi connectivity index (χ1n) is 12.9. The van der Waals surface area contributed by atoms with Gasteiger partial charge in [-0.2, -0.15) is 0 Å². The fraction of sp³-hybridized carbons (Fsp3) is 0. The molecule has 1 heterocycles. The molecule has 0 radical (unpaired) electrons. The normalized spacial score (nSPS) is 13.3. The summed E-state index contributed by atoms with van der Waals surface area (Å²) in [6.45, 7) is 7.84. The number of hydrogen-bond donors (Lipinski definition) is 0. The van der Waals surface area contributed by atoms with Crippen LogP contribution in [0.15, 0.2) is 158 Å². The minimum absolute atomic E-state index is 0.681. The van der Waals surface area contributed by atoms with Crippen molar-refractivity contribution in [1.29, 1.82) is 0 Å². The van der Waals surface area contributed by atoms with Crippen molar-refractivity contribution < 1.29 is 4.57 Å². The van der Waals surface area contributed by atoms with Crippen LogP contribution in [0.5, 0.6) is 0 Å². The van der Waals surface area contributed by atoms with Crippen LogP contribution in [0.2, 0.25) is 0 Å². The van der Waals surface area contributed by atoms with Crippen molar-refractivity contribution in [2.75, 3.05) is 0 Å². The second-order valence-electron chi connectivity index (χ2n) is 9.42. The Morgan fingerprint density at radius 1 is 0.590 bits per heavy atom. The molecule has 0 fully saturated rings. The minimum atomic E-state index is -3.14. The van der Waals surface area contributed by atoms with E-state index in [4.69, 9.17) is 0 Å². The molecule has 188 valence electrons. The standard InChI is InChI=1S/C36H27OPS/c1-3-12-30(4-2)38(37,31-17-9-6-10-18-31)32-20-22-36-34(25-32)33-24-29(19-21-35(33)39-36)28-16-11-15-27(23-28)26-13-7-5-8-14-26/h3-25H,1-2H2/b30-12+. The fourth-order valence-electron chi connectivity index (χ4n) is 5.16. The SMILES string of the molecule is C=C/C=C(\C=C)P(=O)(c1ccccc1)c1ccc2sc3ccc(-c4cccc(-c5ccccc5)c4)cc3c2c1. The highest BCUT2D eigenvalue weighted by atomic mass is 32.1. The van der Waals surface area contributed by atoms with E-state index in [9.17, 15) is 4.57 Å². The zero-order chi connectivity index (χ0) is 26.8. The summed E-state index contributed by atoms with van der Waals surface area (Å²) < 4.78 is 17.3. The number of rotatable bonds is 7. The van der Waals surface area contributed by atoms with Crippen LogP contribution in [0.25, 0.3) is 42.4 Å². The molecular formula is C36H27OPS. The summed E-state index contributed by atoms with van der Waals surface area (Å²) in [4.78, 5) is 0. The minimum Gasteiger partial charge on any atom is -0.309 e. The van der Waals surface area contributed by atoms with E-state index < -0.39 is 7.14 Å². The maximum Gasteiger partial charge on any atom is 0.171 e. The smallest absolute Gasteiger partial charge is 0.171 e. The molecule has 0 spiro atoms. The molecular weight excluding hydrogens is 511 g/mol. The molecule has 0 saturated heterocycles. The third kappa shape index (κ3) is 4.53. The second kappa shape index (κ2) is 10.5. The van der Waals surface area contributed by atoms with Crippen LogP contribution in [0, 0.1) is 0 Å². The van der Waals surface area contributed by atoms with Crippen molar-refractivity contribution in [2.45, 2.75) is 0 Å². The average Bonchev–Trinajstić information content (AvgIpc) is 3.37. The third-order valence-electron chi connectivity index (χ3n) is 7.10. The zero-order valence-corrected chi connectivity index (χ0v) is 23.2. The Kier molecular flexibility index (Phi) is 6.75. The van der Waals surface area contributed by atoms with Crippen LogP contribution < -0.4 is 10.6 Å². The van der Waals surface area contributed by atoms with E-state index in [1.54, 1.807) is 23.5 Å². The van der Waals surface area contributed by atoms with Gasteiger partial charge in [0.05, 0.1) is 0 Å². The Balaban J connectivity index is 1.52. The molecule has 3 heteroatoms. The van der Waals surface area contributed by atoms with Crippen LogP contribution in [-0.4, -0.2) is 0 Å². The Morgan fingerprint density at radius 2 is 1.18 bits per heavy atom. The van der Waals surface area contributed by atoms with E-state index in [-0.39, 0.29) is 0 Å². The lowest BCUT2D eigenvalue weighted by Gasteiger charge is -2.21. The lowest BCUT2D eigenvalue weighted by atomic mass is 9.98. The molecule has 0 saturated carbocycles. The maximum absolute atomic E-state index is 14.9. The molecule has 1 unspecified atom stereocenters. The van der Waals surface area contributed by atoms with Gasteiger partial charge in [0.2, 0.25) is 0 Å². The largest absolute Gasteiger partial charge is 0.309 e. The predicted molar refractivity (Wildman–Crippen MR) is 172 cm³/mol. The number of fused-ring (bicyclic) bond motifs is 3. The number of allylic oxidation sites excluding steroid dienone is 4. The number of hydrogen-bond acceptors (Lipinski definition) is 2. The molecule has 0 bridgehead atoms. The van der Waals surface area contributed by atoms with Gasteiger partial charge in [0.15, 0.2) is 7.14 Å². The van der Waals surface area contributed by atoms with Crippen LogP contribution >= 0.6 is 18.5 Å². The van der Waals surface area contributed by atoms with E-state index >= 15 is 0 Å². The molecule has 6 aromatic rings. The maximum atomic E-state index is 14.9. The van der Waals surface area contributed by atoms with Gasteiger partial charge in [0, 0.05) is 36.1 Å². The summed E-state index contributed by atoms with van der Waals surface area (Å²) in [6, 6.07) is 41.7. The quantitative estimate of drug-likeness (QED) is 0.146. The van der Waals surface area contributed by atoms with Crippen molar-refractivity contribution >= 4 is 49.3 Å². The summed E-state index contributed by atoms with van der Waals surface area (Å²) in [7, 11) is -3.14. The molecule has 0 aliphatic heterocycles. The summed E-state index contributed by atoms with van der Waals surface area (Å²) in [5.74, 6) is 0. The summed E-state index contributed by atoms with van der Waals surface area (Å²) >= 11 is 1.76.